The average Bonchev–Trinajstić information content (AvgIpc) is 3.76. The number of nitrogens with two attached hydrogens (primary N) is 1. The zero-order chi connectivity index (χ0) is 29.8. The highest BCUT2D eigenvalue weighted by Crippen LogP contribution is 2.31. The van der Waals surface area contributed by atoms with Gasteiger partial charge in [0.25, 0.3) is 0 Å². The van der Waals surface area contributed by atoms with Crippen LogP contribution >= 0.6 is 23.2 Å². The van der Waals surface area contributed by atoms with E-state index in [1.807, 2.05) is 54.6 Å². The van der Waals surface area contributed by atoms with Crippen LogP contribution in [0.15, 0.2) is 66.7 Å². The number of benzene rings is 3. The first-order valence-electron chi connectivity index (χ1n) is 14.0. The van der Waals surface area contributed by atoms with Gasteiger partial charge >= 0.3 is 6.03 Å². The lowest BCUT2D eigenvalue weighted by Crippen LogP contribution is -2.39. The number of ether oxygens (including phenoxy) is 2. The fourth-order valence-corrected chi connectivity index (χ4v) is 5.59. The van der Waals surface area contributed by atoms with Crippen molar-refractivity contribution >= 4 is 46.0 Å². The number of carbonyl (C=O) groups is 1. The number of urea groups is 1. The molecule has 2 unspecified atom stereocenters. The van der Waals surface area contributed by atoms with Crippen molar-refractivity contribution in [3.63, 3.8) is 0 Å². The number of hydrogen-bond donors (Lipinski definition) is 5. The average molecular weight is 621 g/mol. The van der Waals surface area contributed by atoms with Crippen LogP contribution in [0.5, 0.6) is 5.75 Å². The number of nitrogens with one attached hydrogen (secondary N) is 4. The maximum atomic E-state index is 13.3. The molecule has 222 valence electrons. The first kappa shape index (κ1) is 28.9. The van der Waals surface area contributed by atoms with Gasteiger partial charge in [0, 0.05) is 34.7 Å². The lowest BCUT2D eigenvalue weighted by Gasteiger charge is -2.19. The third-order valence-corrected chi connectivity index (χ3v) is 7.88. The molecule has 12 heteroatoms. The van der Waals surface area contributed by atoms with Crippen molar-refractivity contribution in [1.82, 2.24) is 30.8 Å². The largest absolute Gasteiger partial charge is 0.491 e. The minimum Gasteiger partial charge on any atom is -0.491 e. The predicted octanol–water partition coefficient (Wildman–Crippen LogP) is 6.18. The van der Waals surface area contributed by atoms with Crippen molar-refractivity contribution in [2.45, 2.75) is 38.0 Å². The SMILES string of the molecule is Nc1n[nH]c2cc(-c3nc(C(Cc4ccccc4)NC(=O)NCc4cc(Cl)ccc4OCC4CCCO4)[nH]c3Cl)ccc12. The van der Waals surface area contributed by atoms with Crippen LogP contribution in [0.4, 0.5) is 10.6 Å². The molecule has 2 aromatic heterocycles. The van der Waals surface area contributed by atoms with Gasteiger partial charge in [0.05, 0.1) is 17.7 Å². The molecule has 43 heavy (non-hydrogen) atoms. The summed E-state index contributed by atoms with van der Waals surface area (Å²) in [6, 6.07) is 20.0. The molecule has 6 rings (SSSR count). The van der Waals surface area contributed by atoms with Crippen molar-refractivity contribution in [3.05, 3.63) is 93.9 Å². The Kier molecular flexibility index (Phi) is 8.69. The zero-order valence-corrected chi connectivity index (χ0v) is 24.7. The summed E-state index contributed by atoms with van der Waals surface area (Å²) in [7, 11) is 0. The van der Waals surface area contributed by atoms with E-state index in [-0.39, 0.29) is 18.7 Å². The van der Waals surface area contributed by atoms with Gasteiger partial charge in [0.2, 0.25) is 0 Å². The normalized spacial score (nSPS) is 15.4. The molecule has 0 spiro atoms. The molecular weight excluding hydrogens is 589 g/mol. The van der Waals surface area contributed by atoms with Gasteiger partial charge < -0.3 is 30.8 Å². The molecule has 5 aromatic rings. The minimum absolute atomic E-state index is 0.0723. The van der Waals surface area contributed by atoms with Crippen molar-refractivity contribution in [3.8, 4) is 17.0 Å². The zero-order valence-electron chi connectivity index (χ0n) is 23.2. The molecule has 1 fully saturated rings. The molecule has 3 heterocycles. The second kappa shape index (κ2) is 12.9. The summed E-state index contributed by atoms with van der Waals surface area (Å²) < 4.78 is 11.7. The summed E-state index contributed by atoms with van der Waals surface area (Å²) in [5.74, 6) is 1.60. The van der Waals surface area contributed by atoms with Gasteiger partial charge in [0.1, 0.15) is 29.0 Å². The first-order chi connectivity index (χ1) is 20.9. The van der Waals surface area contributed by atoms with Crippen molar-refractivity contribution in [1.29, 1.82) is 0 Å². The number of halogens is 2. The topological polar surface area (TPSA) is 143 Å². The Morgan fingerprint density at radius 3 is 2.81 bits per heavy atom. The third-order valence-electron chi connectivity index (χ3n) is 7.37. The summed E-state index contributed by atoms with van der Waals surface area (Å²) in [6.07, 6.45) is 2.56. The van der Waals surface area contributed by atoms with Gasteiger partial charge in [-0.05, 0) is 55.2 Å². The number of rotatable bonds is 10. The third kappa shape index (κ3) is 6.88. The molecule has 2 amide bonds. The Morgan fingerprint density at radius 1 is 1.14 bits per heavy atom. The second-order valence-corrected chi connectivity index (χ2v) is 11.2. The van der Waals surface area contributed by atoms with E-state index in [0.29, 0.717) is 46.3 Å². The Labute approximate surface area is 258 Å². The van der Waals surface area contributed by atoms with Crippen LogP contribution in [0.25, 0.3) is 22.2 Å². The molecule has 1 aliphatic rings. The molecule has 10 nitrogen and oxygen atoms in total. The van der Waals surface area contributed by atoms with Gasteiger partial charge in [-0.3, -0.25) is 5.10 Å². The van der Waals surface area contributed by atoms with E-state index in [1.165, 1.54) is 0 Å². The molecular formula is C31H31Cl2N7O3. The van der Waals surface area contributed by atoms with Gasteiger partial charge in [0.15, 0.2) is 5.82 Å². The smallest absolute Gasteiger partial charge is 0.315 e. The maximum Gasteiger partial charge on any atom is 0.315 e. The van der Waals surface area contributed by atoms with Crippen LogP contribution in [0, 0.1) is 0 Å². The molecule has 0 saturated carbocycles. The Hall–Kier alpha value is -4.25. The second-order valence-electron chi connectivity index (χ2n) is 10.4. The number of nitrogens with zero attached hydrogens (tertiary/aromatic N) is 2. The van der Waals surface area contributed by atoms with E-state index in [4.69, 9.17) is 43.4 Å². The predicted molar refractivity (Wildman–Crippen MR) is 167 cm³/mol. The molecule has 2 atom stereocenters. The van der Waals surface area contributed by atoms with Crippen molar-refractivity contribution < 1.29 is 14.3 Å². The van der Waals surface area contributed by atoms with Crippen molar-refractivity contribution in [2.24, 2.45) is 0 Å². The number of carbonyl (C=O) groups excluding carboxylic acids is 1. The molecule has 0 aliphatic carbocycles. The Morgan fingerprint density at radius 2 is 2.00 bits per heavy atom. The summed E-state index contributed by atoms with van der Waals surface area (Å²) in [4.78, 5) is 21.2. The number of fused-ring (bicyclic) bond motifs is 1. The summed E-state index contributed by atoms with van der Waals surface area (Å²) in [6.45, 7) is 1.41. The van der Waals surface area contributed by atoms with Crippen LogP contribution in [0.1, 0.15) is 35.8 Å². The van der Waals surface area contributed by atoms with Gasteiger partial charge in [-0.15, -0.1) is 0 Å². The van der Waals surface area contributed by atoms with E-state index in [2.05, 4.69) is 25.8 Å². The summed E-state index contributed by atoms with van der Waals surface area (Å²) in [5.41, 5.74) is 9.82. The van der Waals surface area contributed by atoms with E-state index in [9.17, 15) is 4.79 Å². The molecule has 1 aliphatic heterocycles. The highest BCUT2D eigenvalue weighted by Gasteiger charge is 2.23. The highest BCUT2D eigenvalue weighted by atomic mass is 35.5. The summed E-state index contributed by atoms with van der Waals surface area (Å²) >= 11 is 12.9. The lowest BCUT2D eigenvalue weighted by atomic mass is 10.1. The van der Waals surface area contributed by atoms with Crippen LogP contribution in [0.2, 0.25) is 10.2 Å². The fraction of sp³-hybridized carbons (Fsp3) is 0.258. The standard InChI is InChI=1S/C31H31Cl2N7O3/c32-21-9-11-26(43-17-22-7-4-12-42-22)20(14-21)16-35-31(41)36-25(13-18-5-2-1-3-6-18)30-37-27(28(33)38-30)19-8-10-23-24(15-19)39-40-29(23)34/h1-3,5-6,8-11,14-15,22,25H,4,7,12-13,16-17H2,(H,37,38)(H3,34,39,40)(H2,35,36,41). The van der Waals surface area contributed by atoms with Gasteiger partial charge in [-0.1, -0.05) is 59.6 Å². The molecule has 6 N–H and O–H groups in total. The van der Waals surface area contributed by atoms with E-state index < -0.39 is 6.04 Å². The minimum atomic E-state index is -0.505. The number of aromatic nitrogens is 4. The molecule has 3 aromatic carbocycles. The molecule has 0 bridgehead atoms. The monoisotopic (exact) mass is 619 g/mol. The number of nitrogen functional groups attached to an aromatic ring is 1. The first-order valence-corrected chi connectivity index (χ1v) is 14.8. The van der Waals surface area contributed by atoms with Crippen molar-refractivity contribution in [2.75, 3.05) is 18.9 Å². The number of anilines is 1. The molecule has 1 saturated heterocycles. The van der Waals surface area contributed by atoms with E-state index in [0.717, 1.165) is 47.0 Å². The number of H-pyrrole nitrogens is 2. The highest BCUT2D eigenvalue weighted by molar-refractivity contribution is 6.32. The lowest BCUT2D eigenvalue weighted by molar-refractivity contribution is 0.0676. The van der Waals surface area contributed by atoms with Crippen LogP contribution in [-0.2, 0) is 17.7 Å². The number of aromatic amines is 2. The fourth-order valence-electron chi connectivity index (χ4n) is 5.15. The molecule has 0 radical (unpaired) electrons. The van der Waals surface area contributed by atoms with Gasteiger partial charge in [-0.2, -0.15) is 5.10 Å². The van der Waals surface area contributed by atoms with E-state index in [1.54, 1.807) is 12.1 Å². The Bertz CT molecular complexity index is 1720. The Balaban J connectivity index is 1.19. The quantitative estimate of drug-likeness (QED) is 0.126. The van der Waals surface area contributed by atoms with E-state index >= 15 is 0 Å². The van der Waals surface area contributed by atoms with Crippen LogP contribution < -0.4 is 21.1 Å². The number of hydrogen-bond acceptors (Lipinski definition) is 6. The van der Waals surface area contributed by atoms with Gasteiger partial charge in [-0.25, -0.2) is 9.78 Å². The summed E-state index contributed by atoms with van der Waals surface area (Å²) in [5, 5.41) is 14.7. The van der Waals surface area contributed by atoms with Crippen LogP contribution in [0.3, 0.4) is 0 Å². The van der Waals surface area contributed by atoms with Crippen LogP contribution in [-0.4, -0.2) is 45.5 Å². The number of imidazole rings is 1. The maximum absolute atomic E-state index is 13.3. The number of amides is 2.